The van der Waals surface area contributed by atoms with Gasteiger partial charge < -0.3 is 25.3 Å². The van der Waals surface area contributed by atoms with Crippen molar-refractivity contribution in [3.63, 3.8) is 0 Å². The summed E-state index contributed by atoms with van der Waals surface area (Å²) >= 11 is 0. The number of carbonyl (C=O) groups excluding carboxylic acids is 1. The number of amides is 1. The molecule has 0 aliphatic carbocycles. The number of nitrogens with two attached hydrogens (primary N) is 1. The van der Waals surface area contributed by atoms with Crippen LogP contribution in [0.4, 0.5) is 8.78 Å². The van der Waals surface area contributed by atoms with E-state index >= 15 is 0 Å². The number of hydrogen-bond donors (Lipinski definition) is 2. The minimum absolute atomic E-state index is 0.0334. The molecule has 0 saturated heterocycles. The van der Waals surface area contributed by atoms with Gasteiger partial charge in [0.1, 0.15) is 0 Å². The highest BCUT2D eigenvalue weighted by molar-refractivity contribution is 5.76. The van der Waals surface area contributed by atoms with Crippen LogP contribution in [0.25, 0.3) is 0 Å². The van der Waals surface area contributed by atoms with E-state index in [2.05, 4.69) is 10.1 Å². The normalized spacial score (nSPS) is 12.1. The topological polar surface area (TPSA) is 82.8 Å². The van der Waals surface area contributed by atoms with E-state index in [1.54, 1.807) is 12.1 Å². The zero-order chi connectivity index (χ0) is 17.2. The van der Waals surface area contributed by atoms with E-state index in [4.69, 9.17) is 15.2 Å². The molecule has 0 heterocycles. The zero-order valence-corrected chi connectivity index (χ0v) is 13.2. The molecule has 1 rings (SSSR count). The molecular formula is C15H22F2N2O4. The molecule has 1 aromatic carbocycles. The van der Waals surface area contributed by atoms with Crippen LogP contribution in [-0.4, -0.2) is 45.9 Å². The van der Waals surface area contributed by atoms with Gasteiger partial charge in [0.05, 0.1) is 19.6 Å². The highest BCUT2D eigenvalue weighted by Crippen LogP contribution is 2.29. The second-order valence-electron chi connectivity index (χ2n) is 4.76. The molecule has 1 unspecified atom stereocenters. The number of carbonyl (C=O) groups is 1. The van der Waals surface area contributed by atoms with E-state index < -0.39 is 6.61 Å². The number of rotatable bonds is 10. The summed E-state index contributed by atoms with van der Waals surface area (Å²) in [5.74, 6) is 0.0118. The molecule has 0 spiro atoms. The van der Waals surface area contributed by atoms with E-state index in [1.165, 1.54) is 20.3 Å². The monoisotopic (exact) mass is 332 g/mol. The van der Waals surface area contributed by atoms with Gasteiger partial charge in [-0.2, -0.15) is 8.78 Å². The first-order chi connectivity index (χ1) is 11.0. The molecule has 0 saturated carbocycles. The summed E-state index contributed by atoms with van der Waals surface area (Å²) < 4.78 is 39.1. The summed E-state index contributed by atoms with van der Waals surface area (Å²) in [7, 11) is 2.87. The molecule has 3 N–H and O–H groups in total. The lowest BCUT2D eigenvalue weighted by atomic mass is 10.1. The average molecular weight is 332 g/mol. The van der Waals surface area contributed by atoms with Crippen molar-refractivity contribution in [3.05, 3.63) is 23.8 Å². The second kappa shape index (κ2) is 9.96. The van der Waals surface area contributed by atoms with Crippen molar-refractivity contribution in [3.8, 4) is 11.5 Å². The SMILES string of the molecule is COc1ccc(CCNC(=O)CC(CN)OC)cc1OC(F)F. The Morgan fingerprint density at radius 2 is 2.04 bits per heavy atom. The molecule has 0 aliphatic heterocycles. The van der Waals surface area contributed by atoms with E-state index in [0.29, 0.717) is 13.0 Å². The van der Waals surface area contributed by atoms with Crippen molar-refractivity contribution in [1.29, 1.82) is 0 Å². The molecule has 23 heavy (non-hydrogen) atoms. The summed E-state index contributed by atoms with van der Waals surface area (Å²) in [5, 5.41) is 2.72. The third-order valence-electron chi connectivity index (χ3n) is 3.19. The number of ether oxygens (including phenoxy) is 3. The van der Waals surface area contributed by atoms with Gasteiger partial charge in [0.2, 0.25) is 5.91 Å². The highest BCUT2D eigenvalue weighted by atomic mass is 19.3. The van der Waals surface area contributed by atoms with E-state index in [9.17, 15) is 13.6 Å². The molecule has 0 aliphatic rings. The van der Waals surface area contributed by atoms with Gasteiger partial charge in [-0.3, -0.25) is 4.79 Å². The standard InChI is InChI=1S/C15H22F2N2O4/c1-21-11(9-18)8-14(20)19-6-5-10-3-4-12(22-2)13(7-10)23-15(16)17/h3-4,7,11,15H,5-6,8-9,18H2,1-2H3,(H,19,20). The van der Waals surface area contributed by atoms with Crippen LogP contribution in [0, 0.1) is 0 Å². The van der Waals surface area contributed by atoms with E-state index in [1.807, 2.05) is 0 Å². The number of methoxy groups -OCH3 is 2. The van der Waals surface area contributed by atoms with Crippen LogP contribution in [0.15, 0.2) is 18.2 Å². The van der Waals surface area contributed by atoms with Crippen molar-refractivity contribution in [2.45, 2.75) is 25.6 Å². The van der Waals surface area contributed by atoms with Gasteiger partial charge >= 0.3 is 6.61 Å². The van der Waals surface area contributed by atoms with Gasteiger partial charge in [-0.15, -0.1) is 0 Å². The summed E-state index contributed by atoms with van der Waals surface area (Å²) in [6, 6.07) is 4.74. The number of alkyl halides is 2. The maximum Gasteiger partial charge on any atom is 0.387 e. The molecule has 130 valence electrons. The Balaban J connectivity index is 2.53. The van der Waals surface area contributed by atoms with Gasteiger partial charge in [-0.1, -0.05) is 6.07 Å². The fourth-order valence-electron chi connectivity index (χ4n) is 1.95. The minimum atomic E-state index is -2.93. The first-order valence-corrected chi connectivity index (χ1v) is 7.11. The van der Waals surface area contributed by atoms with Crippen LogP contribution < -0.4 is 20.5 Å². The number of hydrogen-bond acceptors (Lipinski definition) is 5. The molecule has 0 aromatic heterocycles. The van der Waals surface area contributed by atoms with Crippen LogP contribution in [0.3, 0.4) is 0 Å². The summed E-state index contributed by atoms with van der Waals surface area (Å²) in [4.78, 5) is 11.7. The quantitative estimate of drug-likeness (QED) is 0.675. The van der Waals surface area contributed by atoms with Crippen LogP contribution in [0.5, 0.6) is 11.5 Å². The smallest absolute Gasteiger partial charge is 0.387 e. The first kappa shape index (κ1) is 19.1. The van der Waals surface area contributed by atoms with Gasteiger partial charge in [0.15, 0.2) is 11.5 Å². The van der Waals surface area contributed by atoms with E-state index in [-0.39, 0.29) is 36.5 Å². The van der Waals surface area contributed by atoms with Gasteiger partial charge in [-0.05, 0) is 24.1 Å². The van der Waals surface area contributed by atoms with Crippen LogP contribution in [0.1, 0.15) is 12.0 Å². The number of nitrogens with one attached hydrogen (secondary N) is 1. The molecule has 8 heteroatoms. The summed E-state index contributed by atoms with van der Waals surface area (Å²) in [5.41, 5.74) is 6.18. The summed E-state index contributed by atoms with van der Waals surface area (Å²) in [6.45, 7) is -2.31. The Kier molecular flexibility index (Phi) is 8.28. The van der Waals surface area contributed by atoms with Crippen molar-refractivity contribution in [2.75, 3.05) is 27.3 Å². The molecule has 0 bridgehead atoms. The lowest BCUT2D eigenvalue weighted by molar-refractivity contribution is -0.123. The zero-order valence-electron chi connectivity index (χ0n) is 13.2. The first-order valence-electron chi connectivity index (χ1n) is 7.11. The molecular weight excluding hydrogens is 310 g/mol. The summed E-state index contributed by atoms with van der Waals surface area (Å²) in [6.07, 6.45) is 0.326. The second-order valence-corrected chi connectivity index (χ2v) is 4.76. The Bertz CT molecular complexity index is 496. The molecule has 0 fully saturated rings. The van der Waals surface area contributed by atoms with Gasteiger partial charge in [-0.25, -0.2) is 0 Å². The number of halogens is 2. The maximum atomic E-state index is 12.4. The van der Waals surface area contributed by atoms with Crippen LogP contribution >= 0.6 is 0 Å². The molecule has 6 nitrogen and oxygen atoms in total. The minimum Gasteiger partial charge on any atom is -0.493 e. The Hall–Kier alpha value is -1.93. The Labute approximate surface area is 133 Å². The van der Waals surface area contributed by atoms with Crippen LogP contribution in [-0.2, 0) is 16.0 Å². The predicted molar refractivity (Wildman–Crippen MR) is 80.8 cm³/mol. The van der Waals surface area contributed by atoms with Gasteiger partial charge in [0, 0.05) is 20.2 Å². The fourth-order valence-corrected chi connectivity index (χ4v) is 1.95. The van der Waals surface area contributed by atoms with Gasteiger partial charge in [0.25, 0.3) is 0 Å². The molecule has 0 radical (unpaired) electrons. The third kappa shape index (κ3) is 6.79. The maximum absolute atomic E-state index is 12.4. The average Bonchev–Trinajstić information content (AvgIpc) is 2.52. The van der Waals surface area contributed by atoms with Crippen molar-refractivity contribution in [1.82, 2.24) is 5.32 Å². The Morgan fingerprint density at radius 3 is 2.61 bits per heavy atom. The molecule has 1 atom stereocenters. The van der Waals surface area contributed by atoms with Crippen LogP contribution in [0.2, 0.25) is 0 Å². The van der Waals surface area contributed by atoms with Crippen molar-refractivity contribution in [2.24, 2.45) is 5.73 Å². The molecule has 1 aromatic rings. The number of benzene rings is 1. The van der Waals surface area contributed by atoms with Crippen molar-refractivity contribution >= 4 is 5.91 Å². The highest BCUT2D eigenvalue weighted by Gasteiger charge is 2.13. The largest absolute Gasteiger partial charge is 0.493 e. The predicted octanol–water partition coefficient (Wildman–Crippen LogP) is 1.32. The van der Waals surface area contributed by atoms with Crippen molar-refractivity contribution < 1.29 is 27.8 Å². The fraction of sp³-hybridized carbons (Fsp3) is 0.533. The van der Waals surface area contributed by atoms with E-state index in [0.717, 1.165) is 5.56 Å². The lowest BCUT2D eigenvalue weighted by Gasteiger charge is -2.13. The Morgan fingerprint density at radius 1 is 1.30 bits per heavy atom. The molecule has 1 amide bonds. The third-order valence-corrected chi connectivity index (χ3v) is 3.19. The lowest BCUT2D eigenvalue weighted by Crippen LogP contribution is -2.33.